The highest BCUT2D eigenvalue weighted by Crippen LogP contribution is 2.24. The molecule has 0 N–H and O–H groups in total. The van der Waals surface area contributed by atoms with Gasteiger partial charge >= 0.3 is 5.69 Å². The van der Waals surface area contributed by atoms with Crippen molar-refractivity contribution in [3.63, 3.8) is 0 Å². The molecule has 0 unspecified atom stereocenters. The Morgan fingerprint density at radius 2 is 1.87 bits per heavy atom. The van der Waals surface area contributed by atoms with Crippen molar-refractivity contribution < 1.29 is 9.72 Å². The van der Waals surface area contributed by atoms with Crippen LogP contribution in [-0.4, -0.2) is 25.1 Å². The van der Waals surface area contributed by atoms with Gasteiger partial charge < -0.3 is 4.57 Å². The second-order valence-electron chi connectivity index (χ2n) is 6.11. The molecule has 7 nitrogen and oxygen atoms in total. The van der Waals surface area contributed by atoms with Crippen molar-refractivity contribution in [1.82, 2.24) is 14.3 Å². The van der Waals surface area contributed by atoms with Crippen LogP contribution in [0, 0.1) is 37.8 Å². The molecule has 23 heavy (non-hydrogen) atoms. The molecule has 124 valence electrons. The lowest BCUT2D eigenvalue weighted by atomic mass is 10.1. The number of aryl methyl sites for hydroxylation is 2. The van der Waals surface area contributed by atoms with E-state index in [4.69, 9.17) is 0 Å². The average molecular weight is 318 g/mol. The van der Waals surface area contributed by atoms with Crippen molar-refractivity contribution >= 4 is 11.5 Å². The normalized spacial score (nSPS) is 11.3. The number of rotatable bonds is 5. The van der Waals surface area contributed by atoms with Crippen LogP contribution in [0.2, 0.25) is 0 Å². The molecule has 0 spiro atoms. The van der Waals surface area contributed by atoms with E-state index in [1.165, 1.54) is 4.68 Å². The van der Waals surface area contributed by atoms with Gasteiger partial charge in [0.2, 0.25) is 0 Å². The zero-order valence-electron chi connectivity index (χ0n) is 14.4. The quantitative estimate of drug-likeness (QED) is 0.481. The van der Waals surface area contributed by atoms with Gasteiger partial charge in [0.1, 0.15) is 17.9 Å². The standard InChI is InChI=1S/C16H22N4O3/c1-9(2)19-10(3)7-14(12(19)5)15(21)8-18-13(6)16(20(22)23)11(4)17-18/h7,9H,8H2,1-6H3. The first kappa shape index (κ1) is 16.9. The summed E-state index contributed by atoms with van der Waals surface area (Å²) in [7, 11) is 0. The molecular formula is C16H22N4O3. The van der Waals surface area contributed by atoms with Gasteiger partial charge in [0.25, 0.3) is 0 Å². The summed E-state index contributed by atoms with van der Waals surface area (Å²) < 4.78 is 3.52. The molecule has 0 amide bonds. The van der Waals surface area contributed by atoms with E-state index in [2.05, 4.69) is 23.5 Å². The van der Waals surface area contributed by atoms with Gasteiger partial charge in [-0.05, 0) is 47.6 Å². The number of nitrogens with zero attached hydrogens (tertiary/aromatic N) is 4. The molecule has 2 heterocycles. The molecular weight excluding hydrogens is 296 g/mol. The summed E-state index contributed by atoms with van der Waals surface area (Å²) in [4.78, 5) is 23.2. The predicted octanol–water partition coefficient (Wildman–Crippen LogP) is 3.29. The zero-order chi connectivity index (χ0) is 17.5. The highest BCUT2D eigenvalue weighted by atomic mass is 16.6. The van der Waals surface area contributed by atoms with Crippen LogP contribution in [0.15, 0.2) is 6.07 Å². The molecule has 2 aromatic heterocycles. The van der Waals surface area contributed by atoms with Crippen LogP contribution in [0.4, 0.5) is 5.69 Å². The van der Waals surface area contributed by atoms with Crippen LogP contribution >= 0.6 is 0 Å². The Hall–Kier alpha value is -2.44. The lowest BCUT2D eigenvalue weighted by Gasteiger charge is -2.13. The molecule has 0 bridgehead atoms. The molecule has 0 fully saturated rings. The molecule has 0 aliphatic heterocycles. The fraction of sp³-hybridized carbons (Fsp3) is 0.500. The lowest BCUT2D eigenvalue weighted by Crippen LogP contribution is -2.14. The fourth-order valence-electron chi connectivity index (χ4n) is 3.18. The topological polar surface area (TPSA) is 83.0 Å². The van der Waals surface area contributed by atoms with E-state index in [-0.39, 0.29) is 24.1 Å². The Morgan fingerprint density at radius 3 is 2.30 bits per heavy atom. The highest BCUT2D eigenvalue weighted by molar-refractivity contribution is 5.97. The van der Waals surface area contributed by atoms with Gasteiger partial charge in [0.05, 0.1) is 4.92 Å². The number of carbonyl (C=O) groups excluding carboxylic acids is 1. The van der Waals surface area contributed by atoms with Crippen LogP contribution in [0.3, 0.4) is 0 Å². The Bertz CT molecular complexity index is 784. The van der Waals surface area contributed by atoms with E-state index in [0.29, 0.717) is 17.0 Å². The molecule has 7 heteroatoms. The molecule has 0 radical (unpaired) electrons. The van der Waals surface area contributed by atoms with Gasteiger partial charge in [-0.15, -0.1) is 0 Å². The van der Waals surface area contributed by atoms with Gasteiger partial charge in [0, 0.05) is 23.0 Å². The molecule has 0 saturated carbocycles. The molecule has 2 rings (SSSR count). The van der Waals surface area contributed by atoms with Crippen molar-refractivity contribution in [2.24, 2.45) is 0 Å². The van der Waals surface area contributed by atoms with Gasteiger partial charge in [-0.1, -0.05) is 0 Å². The minimum absolute atomic E-state index is 0.00288. The van der Waals surface area contributed by atoms with Crippen molar-refractivity contribution in [1.29, 1.82) is 0 Å². The number of hydrogen-bond acceptors (Lipinski definition) is 4. The van der Waals surface area contributed by atoms with E-state index in [9.17, 15) is 14.9 Å². The van der Waals surface area contributed by atoms with Crippen LogP contribution in [0.1, 0.15) is 53.0 Å². The smallest absolute Gasteiger partial charge is 0.312 e. The van der Waals surface area contributed by atoms with Crippen LogP contribution in [-0.2, 0) is 6.54 Å². The van der Waals surface area contributed by atoms with E-state index in [1.807, 2.05) is 19.9 Å². The second-order valence-corrected chi connectivity index (χ2v) is 6.11. The van der Waals surface area contributed by atoms with E-state index >= 15 is 0 Å². The monoisotopic (exact) mass is 318 g/mol. The predicted molar refractivity (Wildman–Crippen MR) is 87.0 cm³/mol. The first-order valence-electron chi connectivity index (χ1n) is 7.55. The Kier molecular flexibility index (Phi) is 4.40. The van der Waals surface area contributed by atoms with Crippen molar-refractivity contribution in [2.75, 3.05) is 0 Å². The maximum absolute atomic E-state index is 12.6. The maximum atomic E-state index is 12.6. The first-order valence-corrected chi connectivity index (χ1v) is 7.55. The highest BCUT2D eigenvalue weighted by Gasteiger charge is 2.24. The summed E-state index contributed by atoms with van der Waals surface area (Å²) in [6, 6.07) is 2.14. The number of hydrogen-bond donors (Lipinski definition) is 0. The number of ketones is 1. The van der Waals surface area contributed by atoms with E-state index < -0.39 is 4.92 Å². The van der Waals surface area contributed by atoms with Gasteiger partial charge in [-0.25, -0.2) is 0 Å². The fourth-order valence-corrected chi connectivity index (χ4v) is 3.18. The summed E-state index contributed by atoms with van der Waals surface area (Å²) >= 11 is 0. The maximum Gasteiger partial charge on any atom is 0.312 e. The zero-order valence-corrected chi connectivity index (χ0v) is 14.4. The molecule has 0 aliphatic rings. The number of carbonyl (C=O) groups is 1. The SMILES string of the molecule is Cc1nn(CC(=O)c2cc(C)n(C(C)C)c2C)c(C)c1[N+](=O)[O-]. The van der Waals surface area contributed by atoms with Crippen molar-refractivity contribution in [3.05, 3.63) is 44.5 Å². The Morgan fingerprint density at radius 1 is 1.26 bits per heavy atom. The van der Waals surface area contributed by atoms with E-state index in [0.717, 1.165) is 11.4 Å². The molecule has 0 aliphatic carbocycles. The molecule has 0 atom stereocenters. The summed E-state index contributed by atoms with van der Waals surface area (Å²) in [5.41, 5.74) is 3.29. The third-order valence-electron chi connectivity index (χ3n) is 4.12. The second kappa shape index (κ2) is 5.98. The Balaban J connectivity index is 2.36. The van der Waals surface area contributed by atoms with Gasteiger partial charge in [-0.2, -0.15) is 5.10 Å². The average Bonchev–Trinajstić information content (AvgIpc) is 2.86. The Labute approximate surface area is 135 Å². The van der Waals surface area contributed by atoms with Gasteiger partial charge in [-0.3, -0.25) is 19.6 Å². The minimum atomic E-state index is -0.455. The van der Waals surface area contributed by atoms with Gasteiger partial charge in [0.15, 0.2) is 5.78 Å². The van der Waals surface area contributed by atoms with Crippen LogP contribution in [0.25, 0.3) is 0 Å². The largest absolute Gasteiger partial charge is 0.346 e. The summed E-state index contributed by atoms with van der Waals surface area (Å²) in [5.74, 6) is -0.0921. The number of aromatic nitrogens is 3. The van der Waals surface area contributed by atoms with Crippen molar-refractivity contribution in [3.8, 4) is 0 Å². The van der Waals surface area contributed by atoms with Crippen molar-refractivity contribution in [2.45, 2.75) is 54.1 Å². The summed E-state index contributed by atoms with van der Waals surface area (Å²) in [6.07, 6.45) is 0. The third kappa shape index (κ3) is 2.91. The first-order chi connectivity index (χ1) is 10.6. The summed E-state index contributed by atoms with van der Waals surface area (Å²) in [6.45, 7) is 11.2. The summed E-state index contributed by atoms with van der Waals surface area (Å²) in [5, 5.41) is 15.2. The minimum Gasteiger partial charge on any atom is -0.346 e. The lowest BCUT2D eigenvalue weighted by molar-refractivity contribution is -0.386. The number of Topliss-reactive ketones (excluding diaryl/α,β-unsaturated/α-hetero) is 1. The molecule has 2 aromatic rings. The number of nitro groups is 1. The third-order valence-corrected chi connectivity index (χ3v) is 4.12. The molecule has 0 saturated heterocycles. The van der Waals surface area contributed by atoms with E-state index in [1.54, 1.807) is 13.8 Å². The van der Waals surface area contributed by atoms with Crippen LogP contribution < -0.4 is 0 Å². The van der Waals surface area contributed by atoms with Crippen LogP contribution in [0.5, 0.6) is 0 Å². The molecule has 0 aromatic carbocycles.